The summed E-state index contributed by atoms with van der Waals surface area (Å²) in [5.74, 6) is 8.00. The molecule has 4 N–H and O–H groups in total. The summed E-state index contributed by atoms with van der Waals surface area (Å²) in [6.45, 7) is 2.96. The van der Waals surface area contributed by atoms with E-state index in [1.165, 1.54) is 0 Å². The summed E-state index contributed by atoms with van der Waals surface area (Å²) in [4.78, 5) is 0. The molecule has 0 aromatic rings. The normalized spacial score (nSPS) is 5.14. The SMILES string of the molecule is CC[N-]C.NN.[Ti]. The minimum absolute atomic E-state index is 0. The van der Waals surface area contributed by atoms with E-state index in [2.05, 4.69) is 17.0 Å². The fraction of sp³-hybridized carbons (Fsp3) is 1.00. The Kier molecular flexibility index (Phi) is 68.5. The molecule has 0 amide bonds. The van der Waals surface area contributed by atoms with E-state index in [0.717, 1.165) is 6.54 Å². The average Bonchev–Trinajstić information content (AvgIpc) is 1.72. The monoisotopic (exact) mass is 138 g/mol. The predicted octanol–water partition coefficient (Wildman–Crippen LogP) is -0.174. The molecular weight excluding hydrogens is 126 g/mol. The molecule has 0 saturated heterocycles. The van der Waals surface area contributed by atoms with Crippen LogP contribution in [0.2, 0.25) is 0 Å². The molecule has 0 radical (unpaired) electrons. The molecule has 0 saturated carbocycles. The zero-order valence-electron chi connectivity index (χ0n) is 4.81. The van der Waals surface area contributed by atoms with Gasteiger partial charge in [-0.25, -0.2) is 0 Å². The number of rotatable bonds is 1. The van der Waals surface area contributed by atoms with Gasteiger partial charge in [-0.15, -0.1) is 0 Å². The van der Waals surface area contributed by atoms with E-state index in [0.29, 0.717) is 0 Å². The van der Waals surface area contributed by atoms with Crippen molar-refractivity contribution in [2.24, 2.45) is 11.7 Å². The minimum Gasteiger partial charge on any atom is -0.665 e. The van der Waals surface area contributed by atoms with E-state index in [1.807, 2.05) is 6.92 Å². The van der Waals surface area contributed by atoms with E-state index < -0.39 is 0 Å². The van der Waals surface area contributed by atoms with Crippen LogP contribution in [0, 0.1) is 0 Å². The van der Waals surface area contributed by atoms with Crippen molar-refractivity contribution >= 4 is 0 Å². The van der Waals surface area contributed by atoms with Crippen LogP contribution in [-0.4, -0.2) is 13.6 Å². The van der Waals surface area contributed by atoms with Crippen LogP contribution in [0.1, 0.15) is 6.92 Å². The van der Waals surface area contributed by atoms with E-state index in [9.17, 15) is 0 Å². The molecule has 4 heteroatoms. The van der Waals surface area contributed by atoms with Crippen molar-refractivity contribution in [3.8, 4) is 0 Å². The fourth-order valence-electron chi connectivity index (χ4n) is 0. The van der Waals surface area contributed by atoms with Gasteiger partial charge in [0, 0.05) is 21.7 Å². The minimum atomic E-state index is 0. The third-order valence-electron chi connectivity index (χ3n) is 0.316. The van der Waals surface area contributed by atoms with Gasteiger partial charge < -0.3 is 5.32 Å². The summed E-state index contributed by atoms with van der Waals surface area (Å²) in [5, 5.41) is 3.74. The van der Waals surface area contributed by atoms with Crippen molar-refractivity contribution in [3.05, 3.63) is 5.32 Å². The topological polar surface area (TPSA) is 66.1 Å². The molecule has 0 fully saturated rings. The fourth-order valence-corrected chi connectivity index (χ4v) is 0. The van der Waals surface area contributed by atoms with Crippen LogP contribution in [0.5, 0.6) is 0 Å². The number of nitrogens with two attached hydrogens (primary N) is 2. The van der Waals surface area contributed by atoms with Gasteiger partial charge in [0.2, 0.25) is 0 Å². The van der Waals surface area contributed by atoms with Gasteiger partial charge in [-0.05, 0) is 0 Å². The number of hydrazine groups is 1. The molecule has 0 unspecified atom stereocenters. The molecule has 0 bridgehead atoms. The molecule has 0 rings (SSSR count). The van der Waals surface area contributed by atoms with Crippen molar-refractivity contribution in [2.75, 3.05) is 13.6 Å². The third kappa shape index (κ3) is 54.8. The smallest absolute Gasteiger partial charge is 0 e. The Morgan fingerprint density at radius 3 is 1.57 bits per heavy atom. The van der Waals surface area contributed by atoms with Crippen LogP contribution in [0.15, 0.2) is 0 Å². The molecule has 0 spiro atoms. The van der Waals surface area contributed by atoms with Crippen LogP contribution in [0.3, 0.4) is 0 Å². The van der Waals surface area contributed by atoms with Gasteiger partial charge in [-0.2, -0.15) is 13.6 Å². The van der Waals surface area contributed by atoms with Crippen LogP contribution in [0.25, 0.3) is 5.32 Å². The summed E-state index contributed by atoms with van der Waals surface area (Å²) >= 11 is 0. The zero-order chi connectivity index (χ0) is 5.41. The van der Waals surface area contributed by atoms with Crippen molar-refractivity contribution in [1.82, 2.24) is 0 Å². The molecule has 0 heterocycles. The second-order valence-corrected chi connectivity index (χ2v) is 0.632. The zero-order valence-corrected chi connectivity index (χ0v) is 6.37. The Morgan fingerprint density at radius 2 is 1.57 bits per heavy atom. The first-order valence-corrected chi connectivity index (χ1v) is 1.80. The number of hydrogen-bond donors (Lipinski definition) is 2. The molecular formula is C3H12N3Ti-. The van der Waals surface area contributed by atoms with Crippen molar-refractivity contribution in [2.45, 2.75) is 6.92 Å². The molecule has 7 heavy (non-hydrogen) atoms. The Labute approximate surface area is 59.7 Å². The van der Waals surface area contributed by atoms with E-state index in [4.69, 9.17) is 0 Å². The Bertz CT molecular complexity index is 12.1. The number of nitrogens with zero attached hydrogens (tertiary/aromatic N) is 1. The molecule has 3 nitrogen and oxygen atoms in total. The summed E-state index contributed by atoms with van der Waals surface area (Å²) in [5.41, 5.74) is 0. The van der Waals surface area contributed by atoms with E-state index >= 15 is 0 Å². The van der Waals surface area contributed by atoms with Gasteiger partial charge in [0.25, 0.3) is 0 Å². The Balaban J connectivity index is -0.0000000480. The van der Waals surface area contributed by atoms with Crippen molar-refractivity contribution in [3.63, 3.8) is 0 Å². The third-order valence-corrected chi connectivity index (χ3v) is 0.316. The summed E-state index contributed by atoms with van der Waals surface area (Å²) in [6.07, 6.45) is 0. The number of hydrogen-bond acceptors (Lipinski definition) is 2. The average molecular weight is 138 g/mol. The van der Waals surface area contributed by atoms with E-state index in [1.54, 1.807) is 7.05 Å². The summed E-state index contributed by atoms with van der Waals surface area (Å²) < 4.78 is 0. The van der Waals surface area contributed by atoms with Crippen molar-refractivity contribution in [1.29, 1.82) is 0 Å². The van der Waals surface area contributed by atoms with Crippen LogP contribution in [-0.2, 0) is 21.7 Å². The molecule has 0 aromatic heterocycles. The first kappa shape index (κ1) is 15.6. The first-order valence-electron chi connectivity index (χ1n) is 1.80. The van der Waals surface area contributed by atoms with Crippen LogP contribution in [0.4, 0.5) is 0 Å². The van der Waals surface area contributed by atoms with Crippen LogP contribution >= 0.6 is 0 Å². The largest absolute Gasteiger partial charge is 0.665 e. The predicted molar refractivity (Wildman–Crippen MR) is 28.2 cm³/mol. The molecule has 0 atom stereocenters. The summed E-state index contributed by atoms with van der Waals surface area (Å²) in [6, 6.07) is 0. The Hall–Kier alpha value is 0.594. The van der Waals surface area contributed by atoms with E-state index in [-0.39, 0.29) is 21.7 Å². The van der Waals surface area contributed by atoms with Crippen LogP contribution < -0.4 is 11.7 Å². The Morgan fingerprint density at radius 1 is 1.43 bits per heavy atom. The standard InChI is InChI=1S/C3H8N.H4N2.Ti/c1-3-4-2;1-2;/h3H2,1-2H3;1-2H2;/q-1;;. The van der Waals surface area contributed by atoms with Gasteiger partial charge in [-0.1, -0.05) is 6.92 Å². The molecule has 0 aromatic carbocycles. The second-order valence-electron chi connectivity index (χ2n) is 0.632. The molecule has 44 valence electrons. The van der Waals surface area contributed by atoms with Gasteiger partial charge in [0.15, 0.2) is 0 Å². The maximum atomic E-state index is 4.00. The van der Waals surface area contributed by atoms with Gasteiger partial charge in [-0.3, -0.25) is 11.7 Å². The van der Waals surface area contributed by atoms with Crippen molar-refractivity contribution < 1.29 is 21.7 Å². The summed E-state index contributed by atoms with van der Waals surface area (Å²) in [7, 11) is 1.81. The van der Waals surface area contributed by atoms with Gasteiger partial charge >= 0.3 is 0 Å². The molecule has 0 aliphatic rings. The van der Waals surface area contributed by atoms with Gasteiger partial charge in [0.05, 0.1) is 0 Å². The quantitative estimate of drug-likeness (QED) is 0.300. The van der Waals surface area contributed by atoms with Gasteiger partial charge in [0.1, 0.15) is 0 Å². The maximum absolute atomic E-state index is 4.00. The molecule has 0 aliphatic carbocycles. The second kappa shape index (κ2) is 30.7. The molecule has 0 aliphatic heterocycles. The first-order chi connectivity index (χ1) is 2.91. The maximum Gasteiger partial charge on any atom is 0 e.